The number of benzene rings is 1. The Labute approximate surface area is 199 Å². The van der Waals surface area contributed by atoms with Crippen LogP contribution in [0.4, 0.5) is 15.1 Å². The molecule has 0 bridgehead atoms. The van der Waals surface area contributed by atoms with Crippen molar-refractivity contribution in [3.63, 3.8) is 0 Å². The van der Waals surface area contributed by atoms with Gasteiger partial charge in [-0.3, -0.25) is 14.4 Å². The topological polar surface area (TPSA) is 111 Å². The van der Waals surface area contributed by atoms with Crippen LogP contribution in [-0.4, -0.2) is 48.0 Å². The highest BCUT2D eigenvalue weighted by Crippen LogP contribution is 2.33. The second-order valence-corrected chi connectivity index (χ2v) is 9.43. The molecular weight excluding hydrogens is 471 g/mol. The van der Waals surface area contributed by atoms with Gasteiger partial charge in [0.1, 0.15) is 16.1 Å². The number of hydrogen-bond acceptors (Lipinski definition) is 8. The van der Waals surface area contributed by atoms with Crippen molar-refractivity contribution in [2.45, 2.75) is 32.9 Å². The number of hydrogen-bond donors (Lipinski definition) is 2. The lowest BCUT2D eigenvalue weighted by molar-refractivity contribution is -0.146. The number of ether oxygens (including phenoxy) is 2. The normalized spacial score (nSPS) is 11.4. The molecule has 0 fully saturated rings. The van der Waals surface area contributed by atoms with E-state index in [0.29, 0.717) is 10.7 Å². The van der Waals surface area contributed by atoms with Gasteiger partial charge < -0.3 is 20.1 Å². The van der Waals surface area contributed by atoms with E-state index in [9.17, 15) is 23.6 Å². The summed E-state index contributed by atoms with van der Waals surface area (Å²) >= 11 is 2.27. The minimum atomic E-state index is -0.696. The molecule has 0 aliphatic carbocycles. The molecule has 1 atom stereocenters. The average molecular weight is 497 g/mol. The largest absolute Gasteiger partial charge is 0.462 e. The lowest BCUT2D eigenvalue weighted by atomic mass is 10.1. The van der Waals surface area contributed by atoms with Gasteiger partial charge in [-0.15, -0.1) is 23.1 Å². The number of halogens is 1. The lowest BCUT2D eigenvalue weighted by Crippen LogP contribution is -2.26. The zero-order valence-electron chi connectivity index (χ0n) is 18.7. The maximum Gasteiger partial charge on any atom is 0.341 e. The Balaban J connectivity index is 1.81. The molecule has 0 aliphatic heterocycles. The number of amides is 2. The fraction of sp³-hybridized carbons (Fsp3) is 0.364. The van der Waals surface area contributed by atoms with Gasteiger partial charge in [0.2, 0.25) is 5.91 Å². The number of nitrogens with one attached hydrogen (secondary N) is 2. The Morgan fingerprint density at radius 1 is 1.06 bits per heavy atom. The monoisotopic (exact) mass is 496 g/mol. The number of esters is 2. The zero-order valence-corrected chi connectivity index (χ0v) is 20.3. The highest BCUT2D eigenvalue weighted by molar-refractivity contribution is 8.01. The van der Waals surface area contributed by atoms with Crippen LogP contribution in [0.1, 0.15) is 34.6 Å². The van der Waals surface area contributed by atoms with E-state index < -0.39 is 35.5 Å². The molecule has 2 aromatic rings. The van der Waals surface area contributed by atoms with E-state index in [1.54, 1.807) is 20.8 Å². The third-order valence-corrected chi connectivity index (χ3v) is 6.63. The second-order valence-electron chi connectivity index (χ2n) is 6.87. The number of aryl methyl sites for hydroxylation is 1. The molecule has 1 aromatic heterocycles. The van der Waals surface area contributed by atoms with Gasteiger partial charge in [0.05, 0.1) is 17.9 Å². The van der Waals surface area contributed by atoms with Gasteiger partial charge in [0.15, 0.2) is 6.61 Å². The minimum Gasteiger partial charge on any atom is -0.462 e. The van der Waals surface area contributed by atoms with E-state index in [-0.39, 0.29) is 23.8 Å². The summed E-state index contributed by atoms with van der Waals surface area (Å²) in [4.78, 5) is 49.4. The Morgan fingerprint density at radius 3 is 2.36 bits per heavy atom. The number of carbonyl (C=O) groups is 4. The molecule has 0 saturated heterocycles. The molecule has 0 saturated carbocycles. The molecule has 1 heterocycles. The summed E-state index contributed by atoms with van der Waals surface area (Å²) in [7, 11) is 0. The first-order valence-corrected chi connectivity index (χ1v) is 11.9. The molecule has 1 aromatic carbocycles. The lowest BCUT2D eigenvalue weighted by Gasteiger charge is -2.12. The first kappa shape index (κ1) is 26.3. The molecule has 178 valence electrons. The third kappa shape index (κ3) is 7.86. The molecule has 11 heteroatoms. The van der Waals surface area contributed by atoms with Gasteiger partial charge in [-0.05, 0) is 57.5 Å². The molecule has 2 N–H and O–H groups in total. The molecule has 0 spiro atoms. The number of carbonyl (C=O) groups excluding carboxylic acids is 4. The molecule has 0 radical (unpaired) electrons. The van der Waals surface area contributed by atoms with Crippen molar-refractivity contribution in [3.05, 3.63) is 46.1 Å². The van der Waals surface area contributed by atoms with Gasteiger partial charge in [-0.1, -0.05) is 0 Å². The highest BCUT2D eigenvalue weighted by atomic mass is 32.2. The van der Waals surface area contributed by atoms with E-state index in [1.807, 2.05) is 6.92 Å². The van der Waals surface area contributed by atoms with Crippen LogP contribution in [0.2, 0.25) is 0 Å². The van der Waals surface area contributed by atoms with E-state index >= 15 is 0 Å². The Bertz CT molecular complexity index is 1020. The molecule has 2 amide bonds. The summed E-state index contributed by atoms with van der Waals surface area (Å²) < 4.78 is 23.0. The van der Waals surface area contributed by atoms with Crippen LogP contribution in [0.5, 0.6) is 0 Å². The predicted molar refractivity (Wildman–Crippen MR) is 126 cm³/mol. The molecule has 0 aliphatic rings. The van der Waals surface area contributed by atoms with Gasteiger partial charge in [0.25, 0.3) is 5.91 Å². The number of thiophene rings is 1. The first-order chi connectivity index (χ1) is 15.6. The fourth-order valence-corrected chi connectivity index (χ4v) is 4.32. The van der Waals surface area contributed by atoms with Crippen LogP contribution in [0.15, 0.2) is 24.3 Å². The van der Waals surface area contributed by atoms with Crippen molar-refractivity contribution >= 4 is 57.5 Å². The van der Waals surface area contributed by atoms with Crippen molar-refractivity contribution in [1.82, 2.24) is 0 Å². The molecule has 33 heavy (non-hydrogen) atoms. The fourth-order valence-electron chi connectivity index (χ4n) is 2.58. The summed E-state index contributed by atoms with van der Waals surface area (Å²) in [5.41, 5.74) is 1.44. The zero-order chi connectivity index (χ0) is 24.5. The average Bonchev–Trinajstić information content (AvgIpc) is 3.04. The number of rotatable bonds is 10. The predicted octanol–water partition coefficient (Wildman–Crippen LogP) is 3.92. The van der Waals surface area contributed by atoms with Crippen LogP contribution < -0.4 is 10.6 Å². The summed E-state index contributed by atoms with van der Waals surface area (Å²) in [6, 6.07) is 5.31. The van der Waals surface area contributed by atoms with Crippen LogP contribution in [0.3, 0.4) is 0 Å². The first-order valence-electron chi connectivity index (χ1n) is 10.0. The van der Waals surface area contributed by atoms with Gasteiger partial charge in [-0.2, -0.15) is 0 Å². The van der Waals surface area contributed by atoms with Crippen molar-refractivity contribution in [2.75, 3.05) is 29.6 Å². The number of anilines is 2. The van der Waals surface area contributed by atoms with Crippen LogP contribution in [-0.2, 0) is 23.9 Å². The maximum absolute atomic E-state index is 12.9. The quantitative estimate of drug-likeness (QED) is 0.480. The van der Waals surface area contributed by atoms with Crippen molar-refractivity contribution in [3.8, 4) is 0 Å². The van der Waals surface area contributed by atoms with Crippen LogP contribution >= 0.6 is 23.1 Å². The number of thioether (sulfide) groups is 1. The van der Waals surface area contributed by atoms with E-state index in [1.165, 1.54) is 35.6 Å². The Hall–Kier alpha value is -2.92. The van der Waals surface area contributed by atoms with E-state index in [4.69, 9.17) is 9.47 Å². The summed E-state index contributed by atoms with van der Waals surface area (Å²) in [5.74, 6) is -2.59. The summed E-state index contributed by atoms with van der Waals surface area (Å²) in [6.07, 6.45) is 0. The SMILES string of the molecule is CCOC(=O)c1c(NC(=O)COC(=O)C(C)SCC(=O)Nc2ccc(F)cc2)sc(C)c1C. The molecular formula is C22H25FN2O6S2. The van der Waals surface area contributed by atoms with E-state index in [0.717, 1.165) is 22.2 Å². The maximum atomic E-state index is 12.9. The summed E-state index contributed by atoms with van der Waals surface area (Å²) in [5, 5.41) is 4.82. The molecule has 8 nitrogen and oxygen atoms in total. The molecule has 2 rings (SSSR count). The Kier molecular flexibility index (Phi) is 9.86. The van der Waals surface area contributed by atoms with Crippen LogP contribution in [0, 0.1) is 19.7 Å². The van der Waals surface area contributed by atoms with Crippen molar-refractivity contribution in [2.24, 2.45) is 0 Å². The Morgan fingerprint density at radius 2 is 1.73 bits per heavy atom. The van der Waals surface area contributed by atoms with Gasteiger partial charge in [-0.25, -0.2) is 9.18 Å². The van der Waals surface area contributed by atoms with Gasteiger partial charge in [0, 0.05) is 10.6 Å². The smallest absolute Gasteiger partial charge is 0.341 e. The second kappa shape index (κ2) is 12.4. The van der Waals surface area contributed by atoms with E-state index in [2.05, 4.69) is 10.6 Å². The van der Waals surface area contributed by atoms with Gasteiger partial charge >= 0.3 is 11.9 Å². The van der Waals surface area contributed by atoms with Crippen molar-refractivity contribution in [1.29, 1.82) is 0 Å². The van der Waals surface area contributed by atoms with Crippen molar-refractivity contribution < 1.29 is 33.0 Å². The standard InChI is InChI=1S/C22H25FN2O6S2/c1-5-30-22(29)19-12(2)13(3)33-20(19)25-17(26)10-31-21(28)14(4)32-11-18(27)24-16-8-6-15(23)7-9-16/h6-9,14H,5,10-11H2,1-4H3,(H,24,27)(H,25,26). The van der Waals surface area contributed by atoms with Crippen LogP contribution in [0.25, 0.3) is 0 Å². The third-order valence-electron chi connectivity index (χ3n) is 4.39. The highest BCUT2D eigenvalue weighted by Gasteiger charge is 2.23. The summed E-state index contributed by atoms with van der Waals surface area (Å²) in [6.45, 7) is 6.50. The molecule has 1 unspecified atom stereocenters. The minimum absolute atomic E-state index is 0.0313.